The lowest BCUT2D eigenvalue weighted by Gasteiger charge is -2.10. The van der Waals surface area contributed by atoms with Crippen molar-refractivity contribution >= 4 is 15.9 Å². The highest BCUT2D eigenvalue weighted by atomic mass is 79.9. The molecule has 2 aromatic carbocycles. The van der Waals surface area contributed by atoms with Crippen LogP contribution in [-0.2, 0) is 6.42 Å². The monoisotopic (exact) mass is 319 g/mol. The summed E-state index contributed by atoms with van der Waals surface area (Å²) < 4.78 is 6.97. The molecule has 2 rings (SSSR count). The number of aryl methyl sites for hydroxylation is 2. The molecule has 0 spiro atoms. The van der Waals surface area contributed by atoms with Crippen molar-refractivity contribution in [1.29, 1.82) is 0 Å². The van der Waals surface area contributed by atoms with Gasteiger partial charge in [-0.2, -0.15) is 0 Å². The molecule has 2 nitrogen and oxygen atoms in total. The number of hydrogen-bond donors (Lipinski definition) is 1. The maximum atomic E-state index is 5.88. The van der Waals surface area contributed by atoms with Crippen LogP contribution in [0.15, 0.2) is 40.9 Å². The summed E-state index contributed by atoms with van der Waals surface area (Å²) in [7, 11) is 0. The minimum Gasteiger partial charge on any atom is -0.457 e. The van der Waals surface area contributed by atoms with Crippen LogP contribution < -0.4 is 10.5 Å². The second-order valence-corrected chi connectivity index (χ2v) is 5.49. The molecule has 3 heteroatoms. The summed E-state index contributed by atoms with van der Waals surface area (Å²) in [4.78, 5) is 0. The molecule has 0 heterocycles. The van der Waals surface area contributed by atoms with Crippen LogP contribution in [0.3, 0.4) is 0 Å². The van der Waals surface area contributed by atoms with E-state index in [9.17, 15) is 0 Å². The van der Waals surface area contributed by atoms with Crippen LogP contribution in [0.2, 0.25) is 0 Å². The minimum atomic E-state index is 0.674. The third-order valence-corrected chi connectivity index (χ3v) is 3.98. The Morgan fingerprint density at radius 1 is 1.00 bits per heavy atom. The quantitative estimate of drug-likeness (QED) is 0.908. The molecule has 0 aliphatic carbocycles. The van der Waals surface area contributed by atoms with Gasteiger partial charge in [-0.25, -0.2) is 0 Å². The van der Waals surface area contributed by atoms with Gasteiger partial charge < -0.3 is 10.5 Å². The summed E-state index contributed by atoms with van der Waals surface area (Å²) in [5.41, 5.74) is 9.25. The van der Waals surface area contributed by atoms with Crippen molar-refractivity contribution in [3.63, 3.8) is 0 Å². The number of benzene rings is 2. The van der Waals surface area contributed by atoms with E-state index in [-0.39, 0.29) is 0 Å². The molecule has 0 bridgehead atoms. The Morgan fingerprint density at radius 2 is 1.63 bits per heavy atom. The van der Waals surface area contributed by atoms with Crippen molar-refractivity contribution in [3.05, 3.63) is 57.6 Å². The first-order valence-corrected chi connectivity index (χ1v) is 7.13. The summed E-state index contributed by atoms with van der Waals surface area (Å²) >= 11 is 3.49. The van der Waals surface area contributed by atoms with Gasteiger partial charge in [0.25, 0.3) is 0 Å². The van der Waals surface area contributed by atoms with E-state index in [0.717, 1.165) is 28.0 Å². The molecule has 0 fully saturated rings. The topological polar surface area (TPSA) is 35.2 Å². The molecule has 0 unspecified atom stereocenters. The predicted octanol–water partition coefficient (Wildman–Crippen LogP) is 4.36. The van der Waals surface area contributed by atoms with Crippen LogP contribution in [0.5, 0.6) is 11.5 Å². The van der Waals surface area contributed by atoms with Gasteiger partial charge in [0.1, 0.15) is 11.5 Å². The molecule has 0 aliphatic heterocycles. The molecule has 100 valence electrons. The highest BCUT2D eigenvalue weighted by molar-refractivity contribution is 9.10. The van der Waals surface area contributed by atoms with Crippen LogP contribution >= 0.6 is 15.9 Å². The Bertz CT molecular complexity index is 581. The zero-order valence-electron chi connectivity index (χ0n) is 11.2. The van der Waals surface area contributed by atoms with E-state index >= 15 is 0 Å². The minimum absolute atomic E-state index is 0.674. The maximum Gasteiger partial charge on any atom is 0.127 e. The van der Waals surface area contributed by atoms with Gasteiger partial charge >= 0.3 is 0 Å². The predicted molar refractivity (Wildman–Crippen MR) is 82.9 cm³/mol. The maximum absolute atomic E-state index is 5.88. The van der Waals surface area contributed by atoms with Crippen LogP contribution in [0.1, 0.15) is 16.7 Å². The molecule has 0 aliphatic rings. The fraction of sp³-hybridized carbons (Fsp3) is 0.250. The third-order valence-electron chi connectivity index (χ3n) is 3.09. The summed E-state index contributed by atoms with van der Waals surface area (Å²) in [6, 6.07) is 12.1. The highest BCUT2D eigenvalue weighted by Crippen LogP contribution is 2.27. The Labute approximate surface area is 122 Å². The van der Waals surface area contributed by atoms with Crippen LogP contribution in [0.4, 0.5) is 0 Å². The first kappa shape index (κ1) is 14.1. The van der Waals surface area contributed by atoms with Gasteiger partial charge in [-0.1, -0.05) is 22.0 Å². The summed E-state index contributed by atoms with van der Waals surface area (Å²) in [6.45, 7) is 4.81. The largest absolute Gasteiger partial charge is 0.457 e. The second kappa shape index (κ2) is 6.22. The van der Waals surface area contributed by atoms with E-state index in [2.05, 4.69) is 35.0 Å². The Balaban J connectivity index is 2.19. The summed E-state index contributed by atoms with van der Waals surface area (Å²) in [5.74, 6) is 1.71. The van der Waals surface area contributed by atoms with Crippen molar-refractivity contribution in [3.8, 4) is 11.5 Å². The third kappa shape index (κ3) is 3.58. The molecule has 0 radical (unpaired) electrons. The number of ether oxygens (including phenoxy) is 1. The van der Waals surface area contributed by atoms with E-state index in [1.54, 1.807) is 0 Å². The first-order chi connectivity index (χ1) is 9.10. The van der Waals surface area contributed by atoms with Gasteiger partial charge in [0, 0.05) is 4.47 Å². The molecular formula is C16H18BrNO. The number of halogens is 1. The standard InChI is InChI=1S/C16H18BrNO/c1-11-9-14(4-3-13(11)7-8-18)19-15-5-6-16(17)12(2)10-15/h3-6,9-10H,7-8,18H2,1-2H3. The van der Waals surface area contributed by atoms with E-state index in [0.29, 0.717) is 6.54 Å². The van der Waals surface area contributed by atoms with Crippen LogP contribution in [0.25, 0.3) is 0 Å². The van der Waals surface area contributed by atoms with Gasteiger partial charge in [-0.05, 0) is 73.8 Å². The molecule has 2 aromatic rings. The fourth-order valence-corrected chi connectivity index (χ4v) is 2.23. The van der Waals surface area contributed by atoms with Crippen molar-refractivity contribution in [1.82, 2.24) is 0 Å². The fourth-order valence-electron chi connectivity index (χ4n) is 1.98. The summed E-state index contributed by atoms with van der Waals surface area (Å²) in [6.07, 6.45) is 0.906. The molecular weight excluding hydrogens is 302 g/mol. The molecule has 0 saturated heterocycles. The Hall–Kier alpha value is -1.32. The van der Waals surface area contributed by atoms with E-state index in [4.69, 9.17) is 10.5 Å². The molecule has 19 heavy (non-hydrogen) atoms. The van der Waals surface area contributed by atoms with Gasteiger partial charge in [-0.15, -0.1) is 0 Å². The Morgan fingerprint density at radius 3 is 2.21 bits per heavy atom. The number of rotatable bonds is 4. The Kier molecular flexibility index (Phi) is 4.61. The SMILES string of the molecule is Cc1cc(Oc2ccc(CCN)c(C)c2)ccc1Br. The lowest BCUT2D eigenvalue weighted by atomic mass is 10.1. The van der Waals surface area contributed by atoms with Crippen molar-refractivity contribution in [2.75, 3.05) is 6.54 Å². The average molecular weight is 320 g/mol. The summed E-state index contributed by atoms with van der Waals surface area (Å²) in [5, 5.41) is 0. The highest BCUT2D eigenvalue weighted by Gasteiger charge is 2.03. The first-order valence-electron chi connectivity index (χ1n) is 6.34. The van der Waals surface area contributed by atoms with Gasteiger partial charge in [0.05, 0.1) is 0 Å². The van der Waals surface area contributed by atoms with Gasteiger partial charge in [0.15, 0.2) is 0 Å². The zero-order chi connectivity index (χ0) is 13.8. The zero-order valence-corrected chi connectivity index (χ0v) is 12.8. The average Bonchev–Trinajstić information content (AvgIpc) is 2.37. The molecule has 0 amide bonds. The van der Waals surface area contributed by atoms with Gasteiger partial charge in [0.2, 0.25) is 0 Å². The van der Waals surface area contributed by atoms with E-state index in [1.807, 2.05) is 31.2 Å². The van der Waals surface area contributed by atoms with Crippen LogP contribution in [0, 0.1) is 13.8 Å². The van der Waals surface area contributed by atoms with Crippen molar-refractivity contribution < 1.29 is 4.74 Å². The number of hydrogen-bond acceptors (Lipinski definition) is 2. The van der Waals surface area contributed by atoms with E-state index < -0.39 is 0 Å². The van der Waals surface area contributed by atoms with Crippen molar-refractivity contribution in [2.24, 2.45) is 5.73 Å². The normalized spacial score (nSPS) is 10.5. The number of nitrogens with two attached hydrogens (primary N) is 1. The molecule has 0 saturated carbocycles. The molecule has 0 aromatic heterocycles. The van der Waals surface area contributed by atoms with Crippen molar-refractivity contribution in [2.45, 2.75) is 20.3 Å². The van der Waals surface area contributed by atoms with Crippen LogP contribution in [-0.4, -0.2) is 6.54 Å². The van der Waals surface area contributed by atoms with Gasteiger partial charge in [-0.3, -0.25) is 0 Å². The smallest absolute Gasteiger partial charge is 0.127 e. The lowest BCUT2D eigenvalue weighted by molar-refractivity contribution is 0.481. The molecule has 0 atom stereocenters. The lowest BCUT2D eigenvalue weighted by Crippen LogP contribution is -2.04. The van der Waals surface area contributed by atoms with E-state index in [1.165, 1.54) is 11.1 Å². The molecule has 2 N–H and O–H groups in total. The second-order valence-electron chi connectivity index (χ2n) is 4.64.